The van der Waals surface area contributed by atoms with Crippen molar-refractivity contribution < 1.29 is 14.3 Å². The van der Waals surface area contributed by atoms with Gasteiger partial charge >= 0.3 is 0 Å². The maximum atomic E-state index is 12.1. The number of nitrogens with one attached hydrogen (secondary N) is 1. The molecule has 4 nitrogen and oxygen atoms in total. The Kier molecular flexibility index (Phi) is 5.85. The zero-order valence-electron chi connectivity index (χ0n) is 14.8. The molecule has 0 saturated carbocycles. The van der Waals surface area contributed by atoms with Gasteiger partial charge in [0.1, 0.15) is 18.1 Å². The molecular weight excluding hydrogens is 302 g/mol. The molecule has 1 N–H and O–H groups in total. The summed E-state index contributed by atoms with van der Waals surface area (Å²) < 4.78 is 10.9. The van der Waals surface area contributed by atoms with Crippen LogP contribution in [0.25, 0.3) is 0 Å². The SMILES string of the molecule is COc1ccc(C(=O)NCCOc2ccccc2C(C)(C)C)cc1. The van der Waals surface area contributed by atoms with Gasteiger partial charge < -0.3 is 14.8 Å². The summed E-state index contributed by atoms with van der Waals surface area (Å²) >= 11 is 0. The summed E-state index contributed by atoms with van der Waals surface area (Å²) in [6.45, 7) is 7.33. The number of hydrogen-bond donors (Lipinski definition) is 1. The van der Waals surface area contributed by atoms with Crippen LogP contribution in [-0.4, -0.2) is 26.2 Å². The molecule has 0 aliphatic heterocycles. The molecule has 0 unspecified atom stereocenters. The topological polar surface area (TPSA) is 47.6 Å². The Morgan fingerprint density at radius 2 is 1.71 bits per heavy atom. The molecule has 0 saturated heterocycles. The van der Waals surface area contributed by atoms with E-state index in [2.05, 4.69) is 32.2 Å². The van der Waals surface area contributed by atoms with Crippen molar-refractivity contribution in [3.63, 3.8) is 0 Å². The van der Waals surface area contributed by atoms with Crippen LogP contribution >= 0.6 is 0 Å². The van der Waals surface area contributed by atoms with Gasteiger partial charge in [0.2, 0.25) is 0 Å². The van der Waals surface area contributed by atoms with Crippen LogP contribution in [0.5, 0.6) is 11.5 Å². The smallest absolute Gasteiger partial charge is 0.251 e. The van der Waals surface area contributed by atoms with E-state index in [-0.39, 0.29) is 11.3 Å². The highest BCUT2D eigenvalue weighted by Crippen LogP contribution is 2.30. The summed E-state index contributed by atoms with van der Waals surface area (Å²) in [7, 11) is 1.60. The molecule has 128 valence electrons. The number of carbonyl (C=O) groups excluding carboxylic acids is 1. The standard InChI is InChI=1S/C20H25NO3/c1-20(2,3)17-7-5-6-8-18(17)24-14-13-21-19(22)15-9-11-16(23-4)12-10-15/h5-12H,13-14H2,1-4H3,(H,21,22). The zero-order valence-corrected chi connectivity index (χ0v) is 14.8. The van der Waals surface area contributed by atoms with Crippen LogP contribution < -0.4 is 14.8 Å². The lowest BCUT2D eigenvalue weighted by atomic mass is 9.86. The lowest BCUT2D eigenvalue weighted by Crippen LogP contribution is -2.28. The van der Waals surface area contributed by atoms with Gasteiger partial charge in [-0.15, -0.1) is 0 Å². The van der Waals surface area contributed by atoms with Crippen molar-refractivity contribution in [2.45, 2.75) is 26.2 Å². The van der Waals surface area contributed by atoms with E-state index in [1.165, 1.54) is 0 Å². The van der Waals surface area contributed by atoms with Gasteiger partial charge in [0.05, 0.1) is 13.7 Å². The van der Waals surface area contributed by atoms with Crippen molar-refractivity contribution in [3.05, 3.63) is 59.7 Å². The zero-order chi connectivity index (χ0) is 17.6. The van der Waals surface area contributed by atoms with Gasteiger partial charge in [-0.2, -0.15) is 0 Å². The van der Waals surface area contributed by atoms with E-state index in [0.717, 1.165) is 17.1 Å². The average Bonchev–Trinajstić information content (AvgIpc) is 2.58. The molecule has 0 spiro atoms. The first-order chi connectivity index (χ1) is 11.4. The summed E-state index contributed by atoms with van der Waals surface area (Å²) in [5.41, 5.74) is 1.78. The molecule has 0 atom stereocenters. The minimum atomic E-state index is -0.120. The molecule has 24 heavy (non-hydrogen) atoms. The number of amides is 1. The molecule has 0 bridgehead atoms. The highest BCUT2D eigenvalue weighted by atomic mass is 16.5. The lowest BCUT2D eigenvalue weighted by Gasteiger charge is -2.22. The minimum absolute atomic E-state index is 0.0168. The fourth-order valence-electron chi connectivity index (χ4n) is 2.38. The van der Waals surface area contributed by atoms with Crippen LogP contribution in [0.2, 0.25) is 0 Å². The fraction of sp³-hybridized carbons (Fsp3) is 0.350. The molecule has 0 aliphatic carbocycles. The third-order valence-corrected chi connectivity index (χ3v) is 3.69. The average molecular weight is 327 g/mol. The van der Waals surface area contributed by atoms with Crippen molar-refractivity contribution in [3.8, 4) is 11.5 Å². The Morgan fingerprint density at radius 3 is 2.33 bits per heavy atom. The molecule has 0 radical (unpaired) electrons. The minimum Gasteiger partial charge on any atom is -0.497 e. The van der Waals surface area contributed by atoms with Gasteiger partial charge in [-0.3, -0.25) is 4.79 Å². The van der Waals surface area contributed by atoms with Gasteiger partial charge in [-0.05, 0) is 41.3 Å². The van der Waals surface area contributed by atoms with Crippen molar-refractivity contribution in [1.82, 2.24) is 5.32 Å². The largest absolute Gasteiger partial charge is 0.497 e. The fourth-order valence-corrected chi connectivity index (χ4v) is 2.38. The van der Waals surface area contributed by atoms with Crippen LogP contribution in [0, 0.1) is 0 Å². The van der Waals surface area contributed by atoms with Crippen molar-refractivity contribution >= 4 is 5.91 Å². The quantitative estimate of drug-likeness (QED) is 0.821. The van der Waals surface area contributed by atoms with Gasteiger partial charge in [-0.25, -0.2) is 0 Å². The summed E-state index contributed by atoms with van der Waals surface area (Å²) in [6, 6.07) is 15.0. The molecule has 2 aromatic rings. The number of hydrogen-bond acceptors (Lipinski definition) is 3. The lowest BCUT2D eigenvalue weighted by molar-refractivity contribution is 0.0947. The van der Waals surface area contributed by atoms with Crippen LogP contribution in [0.4, 0.5) is 0 Å². The number of ether oxygens (including phenoxy) is 2. The summed E-state index contributed by atoms with van der Waals surface area (Å²) in [4.78, 5) is 12.1. The summed E-state index contributed by atoms with van der Waals surface area (Å²) in [5, 5.41) is 2.86. The van der Waals surface area contributed by atoms with E-state index in [1.807, 2.05) is 18.2 Å². The third kappa shape index (κ3) is 4.75. The first-order valence-electron chi connectivity index (χ1n) is 8.06. The Labute approximate surface area is 143 Å². The molecule has 1 amide bonds. The highest BCUT2D eigenvalue weighted by molar-refractivity contribution is 5.94. The van der Waals surface area contributed by atoms with Crippen LogP contribution in [0.1, 0.15) is 36.7 Å². The summed E-state index contributed by atoms with van der Waals surface area (Å²) in [6.07, 6.45) is 0. The van der Waals surface area contributed by atoms with E-state index < -0.39 is 0 Å². The second-order valence-corrected chi connectivity index (χ2v) is 6.58. The molecule has 0 heterocycles. The predicted molar refractivity (Wildman–Crippen MR) is 96.0 cm³/mol. The van der Waals surface area contributed by atoms with Crippen molar-refractivity contribution in [2.75, 3.05) is 20.3 Å². The Balaban J connectivity index is 1.86. The Morgan fingerprint density at radius 1 is 1.04 bits per heavy atom. The molecule has 0 aromatic heterocycles. The van der Waals surface area contributed by atoms with Gasteiger partial charge in [0, 0.05) is 5.56 Å². The molecule has 0 aliphatic rings. The first kappa shape index (κ1) is 17.9. The van der Waals surface area contributed by atoms with Gasteiger partial charge in [-0.1, -0.05) is 39.0 Å². The molecular formula is C20H25NO3. The predicted octanol–water partition coefficient (Wildman–Crippen LogP) is 3.80. The number of rotatable bonds is 6. The van der Waals surface area contributed by atoms with E-state index in [0.29, 0.717) is 18.7 Å². The number of carbonyl (C=O) groups is 1. The Bertz CT molecular complexity index is 672. The van der Waals surface area contributed by atoms with Gasteiger partial charge in [0.25, 0.3) is 5.91 Å². The second kappa shape index (κ2) is 7.86. The normalized spacial score (nSPS) is 11.0. The van der Waals surface area contributed by atoms with E-state index in [4.69, 9.17) is 9.47 Å². The van der Waals surface area contributed by atoms with E-state index in [9.17, 15) is 4.79 Å². The molecule has 4 heteroatoms. The maximum Gasteiger partial charge on any atom is 0.251 e. The van der Waals surface area contributed by atoms with Gasteiger partial charge in [0.15, 0.2) is 0 Å². The van der Waals surface area contributed by atoms with Crippen molar-refractivity contribution in [2.24, 2.45) is 0 Å². The van der Waals surface area contributed by atoms with Crippen LogP contribution in [-0.2, 0) is 5.41 Å². The summed E-state index contributed by atoms with van der Waals surface area (Å²) in [5.74, 6) is 1.47. The maximum absolute atomic E-state index is 12.1. The molecule has 2 rings (SSSR count). The Hall–Kier alpha value is -2.49. The second-order valence-electron chi connectivity index (χ2n) is 6.58. The monoisotopic (exact) mass is 327 g/mol. The number of benzene rings is 2. The third-order valence-electron chi connectivity index (χ3n) is 3.69. The van der Waals surface area contributed by atoms with E-state index in [1.54, 1.807) is 31.4 Å². The highest BCUT2D eigenvalue weighted by Gasteiger charge is 2.18. The first-order valence-corrected chi connectivity index (χ1v) is 8.06. The van der Waals surface area contributed by atoms with Crippen LogP contribution in [0.15, 0.2) is 48.5 Å². The van der Waals surface area contributed by atoms with E-state index >= 15 is 0 Å². The van der Waals surface area contributed by atoms with Crippen LogP contribution in [0.3, 0.4) is 0 Å². The molecule has 0 fully saturated rings. The van der Waals surface area contributed by atoms with Crippen molar-refractivity contribution in [1.29, 1.82) is 0 Å². The number of para-hydroxylation sites is 1. The molecule has 2 aromatic carbocycles. The number of methoxy groups -OCH3 is 1.